The van der Waals surface area contributed by atoms with Gasteiger partial charge in [-0.2, -0.15) is 0 Å². The zero-order valence-corrected chi connectivity index (χ0v) is 24.4. The van der Waals surface area contributed by atoms with Crippen molar-refractivity contribution in [2.45, 2.75) is 51.0 Å². The van der Waals surface area contributed by atoms with Crippen LogP contribution in [0.15, 0.2) is 66.0 Å². The fourth-order valence-corrected chi connectivity index (χ4v) is 6.26. The first-order valence-corrected chi connectivity index (χ1v) is 15.3. The third-order valence-corrected chi connectivity index (χ3v) is 8.89. The Kier molecular flexibility index (Phi) is 8.44. The fourth-order valence-electron chi connectivity index (χ4n) is 4.96. The van der Waals surface area contributed by atoms with Gasteiger partial charge >= 0.3 is 6.03 Å². The molecule has 0 saturated carbocycles. The van der Waals surface area contributed by atoms with Gasteiger partial charge in [-0.25, -0.2) is 27.2 Å². The van der Waals surface area contributed by atoms with Gasteiger partial charge in [0.1, 0.15) is 0 Å². The van der Waals surface area contributed by atoms with Gasteiger partial charge in [-0.05, 0) is 49.6 Å². The number of ether oxygens (including phenoxy) is 2. The number of carbonyl (C=O) groups is 1. The Morgan fingerprint density at radius 3 is 2.59 bits per heavy atom. The van der Waals surface area contributed by atoms with Crippen LogP contribution >= 0.6 is 0 Å². The number of pyridine rings is 2. The Labute approximate surface area is 240 Å². The Morgan fingerprint density at radius 1 is 1.02 bits per heavy atom. The van der Waals surface area contributed by atoms with Crippen LogP contribution in [0.3, 0.4) is 0 Å². The Morgan fingerprint density at radius 2 is 1.83 bits per heavy atom. The Hall–Kier alpha value is -4.12. The highest BCUT2D eigenvalue weighted by Gasteiger charge is 2.29. The molecule has 41 heavy (non-hydrogen) atoms. The highest BCUT2D eigenvalue weighted by Crippen LogP contribution is 2.32. The molecule has 2 amide bonds. The summed E-state index contributed by atoms with van der Waals surface area (Å²) < 4.78 is 39.3. The molecule has 4 aromatic rings. The minimum Gasteiger partial charge on any atom is -0.488 e. The number of amides is 2. The molecule has 1 aliphatic rings. The average molecular weight is 578 g/mol. The summed E-state index contributed by atoms with van der Waals surface area (Å²) in [7, 11) is -2.28. The molecule has 3 aromatic heterocycles. The van der Waals surface area contributed by atoms with Gasteiger partial charge < -0.3 is 14.4 Å². The summed E-state index contributed by atoms with van der Waals surface area (Å²) in [5, 5.41) is 0.682. The SMILES string of the molecule is CCCCCOc1cc(N2CCCN(Cc3ccnc4c3ccn4S(=O)(=O)c3ccc(C)cc3)C2=O)cnc1OC. The number of carbonyl (C=O) groups excluding carboxylic acids is 1. The number of hydrogen-bond acceptors (Lipinski definition) is 7. The first kappa shape index (κ1) is 28.4. The van der Waals surface area contributed by atoms with Crippen molar-refractivity contribution in [2.75, 3.05) is 31.7 Å². The largest absolute Gasteiger partial charge is 0.488 e. The number of anilines is 1. The van der Waals surface area contributed by atoms with E-state index in [1.165, 1.54) is 10.2 Å². The number of aromatic nitrogens is 3. The summed E-state index contributed by atoms with van der Waals surface area (Å²) in [6, 6.07) is 11.9. The molecule has 1 fully saturated rings. The van der Waals surface area contributed by atoms with Gasteiger partial charge in [-0.15, -0.1) is 0 Å². The standard InChI is InChI=1S/C30H35N5O5S/c1-4-5-6-18-40-27-19-24(20-32-29(27)39-3)34-16-7-15-33(30(34)36)21-23-12-14-31-28-26(23)13-17-35(28)41(37,38)25-10-8-22(2)9-11-25/h8-14,17,19-20H,4-7,15-16,18,21H2,1-3H3. The van der Waals surface area contributed by atoms with E-state index in [0.717, 1.165) is 36.8 Å². The number of hydrogen-bond donors (Lipinski definition) is 0. The molecule has 11 heteroatoms. The lowest BCUT2D eigenvalue weighted by molar-refractivity contribution is 0.192. The van der Waals surface area contributed by atoms with Gasteiger partial charge in [0.2, 0.25) is 0 Å². The van der Waals surface area contributed by atoms with Crippen LogP contribution < -0.4 is 14.4 Å². The smallest absolute Gasteiger partial charge is 0.324 e. The van der Waals surface area contributed by atoms with Crippen molar-refractivity contribution >= 4 is 32.8 Å². The second-order valence-electron chi connectivity index (χ2n) is 10.1. The molecule has 0 radical (unpaired) electrons. The molecule has 0 atom stereocenters. The van der Waals surface area contributed by atoms with E-state index in [1.807, 2.05) is 13.0 Å². The van der Waals surface area contributed by atoms with Crippen molar-refractivity contribution in [1.82, 2.24) is 18.8 Å². The second kappa shape index (κ2) is 12.2. The van der Waals surface area contributed by atoms with Crippen LogP contribution in [0, 0.1) is 6.92 Å². The highest BCUT2D eigenvalue weighted by molar-refractivity contribution is 7.90. The van der Waals surface area contributed by atoms with Crippen molar-refractivity contribution in [3.05, 3.63) is 72.2 Å². The molecular formula is C30H35N5O5S. The predicted molar refractivity (Wildman–Crippen MR) is 157 cm³/mol. The quantitative estimate of drug-likeness (QED) is 0.220. The lowest BCUT2D eigenvalue weighted by atomic mass is 10.1. The van der Waals surface area contributed by atoms with E-state index in [1.54, 1.807) is 65.7 Å². The van der Waals surface area contributed by atoms with E-state index in [4.69, 9.17) is 9.47 Å². The maximum absolute atomic E-state index is 13.6. The zero-order valence-electron chi connectivity index (χ0n) is 23.6. The van der Waals surface area contributed by atoms with Crippen LogP contribution in [0.2, 0.25) is 0 Å². The van der Waals surface area contributed by atoms with Gasteiger partial charge in [-0.1, -0.05) is 37.5 Å². The van der Waals surface area contributed by atoms with E-state index in [2.05, 4.69) is 16.9 Å². The normalized spacial score (nSPS) is 14.1. The van der Waals surface area contributed by atoms with Crippen molar-refractivity contribution in [1.29, 1.82) is 0 Å². The molecule has 1 aromatic carbocycles. The van der Waals surface area contributed by atoms with E-state index in [9.17, 15) is 13.2 Å². The molecule has 0 unspecified atom stereocenters. The minimum absolute atomic E-state index is 0.156. The number of aryl methyl sites for hydroxylation is 1. The summed E-state index contributed by atoms with van der Waals surface area (Å²) >= 11 is 0. The summed E-state index contributed by atoms with van der Waals surface area (Å²) in [5.41, 5.74) is 2.76. The zero-order chi connectivity index (χ0) is 29.0. The van der Waals surface area contributed by atoms with E-state index in [-0.39, 0.29) is 10.9 Å². The molecule has 10 nitrogen and oxygen atoms in total. The molecule has 0 aliphatic carbocycles. The highest BCUT2D eigenvalue weighted by atomic mass is 32.2. The van der Waals surface area contributed by atoms with Crippen LogP contribution in [-0.2, 0) is 16.6 Å². The number of nitrogens with zero attached hydrogens (tertiary/aromatic N) is 5. The molecular weight excluding hydrogens is 542 g/mol. The number of benzene rings is 1. The Balaban J connectivity index is 1.38. The topological polar surface area (TPSA) is 107 Å². The minimum atomic E-state index is -3.83. The second-order valence-corrected chi connectivity index (χ2v) is 11.9. The van der Waals surface area contributed by atoms with Crippen molar-refractivity contribution in [3.63, 3.8) is 0 Å². The van der Waals surface area contributed by atoms with Crippen LogP contribution in [0.1, 0.15) is 43.7 Å². The Bertz CT molecular complexity index is 1640. The van der Waals surface area contributed by atoms with E-state index < -0.39 is 10.0 Å². The molecule has 1 saturated heterocycles. The third kappa shape index (κ3) is 5.85. The molecule has 4 heterocycles. The summed E-state index contributed by atoms with van der Waals surface area (Å²) in [6.07, 6.45) is 8.58. The van der Waals surface area contributed by atoms with Gasteiger partial charge in [0.05, 0.1) is 30.5 Å². The first-order chi connectivity index (χ1) is 19.8. The van der Waals surface area contributed by atoms with Gasteiger partial charge in [-0.3, -0.25) is 4.90 Å². The number of unbranched alkanes of at least 4 members (excludes halogenated alkanes) is 2. The molecule has 1 aliphatic heterocycles. The third-order valence-electron chi connectivity index (χ3n) is 7.21. The summed E-state index contributed by atoms with van der Waals surface area (Å²) in [5.74, 6) is 0.897. The summed E-state index contributed by atoms with van der Waals surface area (Å²) in [6.45, 7) is 6.03. The molecule has 0 N–H and O–H groups in total. The maximum Gasteiger partial charge on any atom is 0.324 e. The molecule has 216 valence electrons. The van der Waals surface area contributed by atoms with Crippen molar-refractivity contribution in [2.24, 2.45) is 0 Å². The predicted octanol–water partition coefficient (Wildman–Crippen LogP) is 5.39. The monoisotopic (exact) mass is 577 g/mol. The maximum atomic E-state index is 13.6. The molecule has 0 bridgehead atoms. The van der Waals surface area contributed by atoms with Crippen LogP contribution in [0.4, 0.5) is 10.5 Å². The number of methoxy groups -OCH3 is 1. The lowest BCUT2D eigenvalue weighted by Crippen LogP contribution is -2.49. The summed E-state index contributed by atoms with van der Waals surface area (Å²) in [4.78, 5) is 26.1. The van der Waals surface area contributed by atoms with Crippen molar-refractivity contribution < 1.29 is 22.7 Å². The molecule has 0 spiro atoms. The van der Waals surface area contributed by atoms with Crippen LogP contribution in [-0.4, -0.2) is 60.1 Å². The number of fused-ring (bicyclic) bond motifs is 1. The van der Waals surface area contributed by atoms with Crippen LogP contribution in [0.25, 0.3) is 11.0 Å². The number of urea groups is 1. The van der Waals surface area contributed by atoms with E-state index in [0.29, 0.717) is 54.6 Å². The first-order valence-electron chi connectivity index (χ1n) is 13.8. The van der Waals surface area contributed by atoms with Crippen LogP contribution in [0.5, 0.6) is 11.6 Å². The lowest BCUT2D eigenvalue weighted by Gasteiger charge is -2.35. The average Bonchev–Trinajstić information content (AvgIpc) is 3.43. The fraction of sp³-hybridized carbons (Fsp3) is 0.367. The van der Waals surface area contributed by atoms with Gasteiger partial charge in [0, 0.05) is 43.5 Å². The molecule has 5 rings (SSSR count). The van der Waals surface area contributed by atoms with E-state index >= 15 is 0 Å². The number of rotatable bonds is 11. The van der Waals surface area contributed by atoms with Crippen molar-refractivity contribution in [3.8, 4) is 11.6 Å². The van der Waals surface area contributed by atoms with Gasteiger partial charge in [0.25, 0.3) is 15.9 Å². The van der Waals surface area contributed by atoms with Gasteiger partial charge in [0.15, 0.2) is 11.4 Å².